The molecule has 0 saturated carbocycles. The zero-order valence-corrected chi connectivity index (χ0v) is 3.32. The first-order valence-electron chi connectivity index (χ1n) is 0.408. The van der Waals surface area contributed by atoms with Crippen LogP contribution < -0.4 is 0 Å². The number of hydrogen-bond donors (Lipinski definition) is 0. The van der Waals surface area contributed by atoms with E-state index in [4.69, 9.17) is 8.92 Å². The fourth-order valence-corrected chi connectivity index (χ4v) is 0. The van der Waals surface area contributed by atoms with Crippen LogP contribution in [0.3, 0.4) is 0 Å². The van der Waals surface area contributed by atoms with Gasteiger partial charge in [-0.1, -0.05) is 0 Å². The van der Waals surface area contributed by atoms with Gasteiger partial charge in [0.05, 0.1) is 0 Å². The van der Waals surface area contributed by atoms with Gasteiger partial charge in [0, 0.05) is 0 Å². The lowest BCUT2D eigenvalue weighted by molar-refractivity contribution is 0.497. The predicted octanol–water partition coefficient (Wildman–Crippen LogP) is -2.27. The molecular weight excluding hydrogens is 92.1 g/mol. The molecule has 4 N–H and O–H groups in total. The molecule has 0 atom stereocenters. The summed E-state index contributed by atoms with van der Waals surface area (Å²) >= 11 is 0. The minimum absolute atomic E-state index is 0. The Labute approximate surface area is 30.4 Å². The Morgan fingerprint density at radius 2 is 1.00 bits per heavy atom. The standard InChI is InChI=1S/O2Si.2H2O/c1-3-2;;/h;2*1H2. The Morgan fingerprint density at radius 3 is 1.00 bits per heavy atom. The second kappa shape index (κ2) is 51.5. The SMILES string of the molecule is O.O.O=[Si]=O. The van der Waals surface area contributed by atoms with Crippen LogP contribution >= 0.6 is 0 Å². The third-order valence-corrected chi connectivity index (χ3v) is 0. The first-order chi connectivity index (χ1) is 1.41. The zero-order chi connectivity index (χ0) is 2.71. The van der Waals surface area contributed by atoms with E-state index in [1.54, 1.807) is 0 Å². The maximum atomic E-state index is 8.40. The lowest BCUT2D eigenvalue weighted by atomic mass is 15.9. The maximum Gasteiger partial charge on any atom is 0.549 e. The normalized spacial score (nSPS) is 1.60. The Hall–Kier alpha value is -0.263. The van der Waals surface area contributed by atoms with E-state index >= 15 is 0 Å². The largest absolute Gasteiger partial charge is 0.549 e. The topological polar surface area (TPSA) is 97.1 Å². The van der Waals surface area contributed by atoms with Gasteiger partial charge in [0.25, 0.3) is 0 Å². The van der Waals surface area contributed by atoms with Crippen molar-refractivity contribution in [1.82, 2.24) is 0 Å². The van der Waals surface area contributed by atoms with E-state index in [9.17, 15) is 0 Å². The molecular formula is H4O4Si. The Bertz CT molecular complexity index is 24.6. The summed E-state index contributed by atoms with van der Waals surface area (Å²) in [5.74, 6) is 0. The van der Waals surface area contributed by atoms with Crippen molar-refractivity contribution in [1.29, 1.82) is 0 Å². The molecule has 0 aromatic carbocycles. The van der Waals surface area contributed by atoms with E-state index in [0.717, 1.165) is 0 Å². The van der Waals surface area contributed by atoms with Crippen LogP contribution in [-0.4, -0.2) is 20.2 Å². The smallest absolute Gasteiger partial charge is 0.412 e. The summed E-state index contributed by atoms with van der Waals surface area (Å²) in [5, 5.41) is 0. The van der Waals surface area contributed by atoms with Gasteiger partial charge in [-0.05, 0) is 0 Å². The lowest BCUT2D eigenvalue weighted by Gasteiger charge is -0.944. The van der Waals surface area contributed by atoms with Crippen molar-refractivity contribution < 1.29 is 19.9 Å². The average molecular weight is 96.1 g/mol. The Balaban J connectivity index is -0.0000000200. The van der Waals surface area contributed by atoms with E-state index in [1.807, 2.05) is 0 Å². The van der Waals surface area contributed by atoms with E-state index in [-0.39, 0.29) is 11.0 Å². The molecule has 0 aliphatic rings. The van der Waals surface area contributed by atoms with E-state index in [2.05, 4.69) is 0 Å². The summed E-state index contributed by atoms with van der Waals surface area (Å²) in [4.78, 5) is 0. The van der Waals surface area contributed by atoms with Gasteiger partial charge in [0.15, 0.2) is 0 Å². The molecule has 0 aliphatic heterocycles. The maximum absolute atomic E-state index is 8.40. The van der Waals surface area contributed by atoms with Gasteiger partial charge >= 0.3 is 9.29 Å². The van der Waals surface area contributed by atoms with Crippen LogP contribution in [0, 0.1) is 0 Å². The van der Waals surface area contributed by atoms with Crippen molar-refractivity contribution >= 4 is 9.29 Å². The molecule has 0 bridgehead atoms. The molecule has 5 heteroatoms. The molecule has 0 radical (unpaired) electrons. The predicted molar refractivity (Wildman–Crippen MR) is 14.4 cm³/mol. The van der Waals surface area contributed by atoms with Gasteiger partial charge in [-0.2, -0.15) is 0 Å². The monoisotopic (exact) mass is 96.0 g/mol. The summed E-state index contributed by atoms with van der Waals surface area (Å²) in [7, 11) is -1.42. The molecule has 4 nitrogen and oxygen atoms in total. The summed E-state index contributed by atoms with van der Waals surface area (Å²) in [6, 6.07) is 0. The molecule has 0 aromatic heterocycles. The molecule has 0 heterocycles. The minimum Gasteiger partial charge on any atom is -0.412 e. The molecule has 0 spiro atoms. The van der Waals surface area contributed by atoms with Crippen LogP contribution in [0.2, 0.25) is 0 Å². The van der Waals surface area contributed by atoms with Gasteiger partial charge in [0.2, 0.25) is 0 Å². The summed E-state index contributed by atoms with van der Waals surface area (Å²) in [6.45, 7) is 0. The third kappa shape index (κ3) is 163. The van der Waals surface area contributed by atoms with Crippen molar-refractivity contribution in [2.45, 2.75) is 0 Å². The molecule has 0 unspecified atom stereocenters. The van der Waals surface area contributed by atoms with Gasteiger partial charge < -0.3 is 11.0 Å². The van der Waals surface area contributed by atoms with Crippen LogP contribution in [0.5, 0.6) is 0 Å². The molecule has 0 saturated heterocycles. The second-order valence-electron chi connectivity index (χ2n) is 0.0833. The highest BCUT2D eigenvalue weighted by Crippen LogP contribution is 0.759. The summed E-state index contributed by atoms with van der Waals surface area (Å²) in [5.41, 5.74) is 0. The Kier molecular flexibility index (Phi) is 226. The summed E-state index contributed by atoms with van der Waals surface area (Å²) in [6.07, 6.45) is 0. The molecule has 0 aliphatic carbocycles. The second-order valence-corrected chi connectivity index (χ2v) is 0.250. The highest BCUT2D eigenvalue weighted by Gasteiger charge is 1.22. The van der Waals surface area contributed by atoms with E-state index < -0.39 is 9.29 Å². The van der Waals surface area contributed by atoms with Crippen molar-refractivity contribution in [3.8, 4) is 0 Å². The van der Waals surface area contributed by atoms with Crippen molar-refractivity contribution in [3.05, 3.63) is 0 Å². The molecule has 5 heavy (non-hydrogen) atoms. The fourth-order valence-electron chi connectivity index (χ4n) is 0. The fraction of sp³-hybridized carbons (Fsp3) is 0. The third-order valence-electron chi connectivity index (χ3n) is 0. The Morgan fingerprint density at radius 1 is 1.00 bits per heavy atom. The van der Waals surface area contributed by atoms with Crippen LogP contribution in [0.4, 0.5) is 0 Å². The van der Waals surface area contributed by atoms with Gasteiger partial charge in [-0.15, -0.1) is 0 Å². The molecule has 0 rings (SSSR count). The molecule has 0 aromatic rings. The average Bonchev–Trinajstić information content (AvgIpc) is 0.918. The molecule has 0 amide bonds. The van der Waals surface area contributed by atoms with E-state index in [0.29, 0.717) is 0 Å². The van der Waals surface area contributed by atoms with Crippen molar-refractivity contribution in [2.24, 2.45) is 0 Å². The number of hydrogen-bond acceptors (Lipinski definition) is 2. The van der Waals surface area contributed by atoms with Crippen molar-refractivity contribution in [2.75, 3.05) is 0 Å². The summed E-state index contributed by atoms with van der Waals surface area (Å²) < 4.78 is 16.8. The highest BCUT2D eigenvalue weighted by atomic mass is 28.2. The first kappa shape index (κ1) is 21.9. The van der Waals surface area contributed by atoms with Crippen molar-refractivity contribution in [3.63, 3.8) is 0 Å². The van der Waals surface area contributed by atoms with Crippen LogP contribution in [-0.2, 0) is 8.92 Å². The van der Waals surface area contributed by atoms with E-state index in [1.165, 1.54) is 0 Å². The van der Waals surface area contributed by atoms with Crippen LogP contribution in [0.1, 0.15) is 0 Å². The van der Waals surface area contributed by atoms with Crippen LogP contribution in [0.25, 0.3) is 0 Å². The quantitative estimate of drug-likeness (QED) is 0.318. The minimum atomic E-state index is -1.42. The highest BCUT2D eigenvalue weighted by molar-refractivity contribution is 5.94. The van der Waals surface area contributed by atoms with Crippen LogP contribution in [0.15, 0.2) is 0 Å². The lowest BCUT2D eigenvalue weighted by Crippen LogP contribution is -1.26. The molecule has 32 valence electrons. The zero-order valence-electron chi connectivity index (χ0n) is 2.32. The molecule has 0 fully saturated rings. The van der Waals surface area contributed by atoms with Gasteiger partial charge in [0.1, 0.15) is 0 Å². The van der Waals surface area contributed by atoms with Gasteiger partial charge in [-0.3, -0.25) is 8.92 Å². The first-order valence-corrected chi connectivity index (χ1v) is 1.22. The number of rotatable bonds is 0. The van der Waals surface area contributed by atoms with Gasteiger partial charge in [-0.25, -0.2) is 0 Å².